The molecule has 0 aromatic carbocycles. The molecule has 2 heterocycles. The van der Waals surface area contributed by atoms with E-state index in [1.807, 2.05) is 6.92 Å². The Labute approximate surface area is 143 Å². The molecule has 0 radical (unpaired) electrons. The quantitative estimate of drug-likeness (QED) is 0.873. The Morgan fingerprint density at radius 2 is 1.88 bits per heavy atom. The fourth-order valence-corrected chi connectivity index (χ4v) is 5.09. The van der Waals surface area contributed by atoms with Crippen LogP contribution in [0.1, 0.15) is 62.2 Å². The van der Waals surface area contributed by atoms with Gasteiger partial charge < -0.3 is 5.32 Å². The molecular formula is C16H26N4O3S. The molecule has 134 valence electrons. The maximum atomic E-state index is 12.9. The molecule has 1 amide bonds. The number of amides is 1. The van der Waals surface area contributed by atoms with E-state index >= 15 is 0 Å². The standard InChI is InChI=1S/C16H26N4O3S/c1-2-19-12-14(15(21)17-13-8-4-5-9-13)16(18-19)24(22,23)20-10-6-3-7-11-20/h12-13H,2-11H2,1H3,(H,17,21). The summed E-state index contributed by atoms with van der Waals surface area (Å²) in [6.45, 7) is 3.41. The fraction of sp³-hybridized carbons (Fsp3) is 0.750. The van der Waals surface area contributed by atoms with Crippen molar-refractivity contribution in [1.29, 1.82) is 0 Å². The molecule has 7 nitrogen and oxygen atoms in total. The molecule has 1 aromatic heterocycles. The van der Waals surface area contributed by atoms with E-state index in [2.05, 4.69) is 10.4 Å². The van der Waals surface area contributed by atoms with Crippen LogP contribution in [0.2, 0.25) is 0 Å². The zero-order valence-corrected chi connectivity index (χ0v) is 15.0. The molecule has 24 heavy (non-hydrogen) atoms. The van der Waals surface area contributed by atoms with Crippen LogP contribution in [0.15, 0.2) is 11.2 Å². The Morgan fingerprint density at radius 3 is 2.50 bits per heavy atom. The molecule has 0 bridgehead atoms. The number of aromatic nitrogens is 2. The second-order valence-corrected chi connectivity index (χ2v) is 8.48. The largest absolute Gasteiger partial charge is 0.349 e. The van der Waals surface area contributed by atoms with Crippen LogP contribution in [0.3, 0.4) is 0 Å². The fourth-order valence-electron chi connectivity index (χ4n) is 3.47. The van der Waals surface area contributed by atoms with Gasteiger partial charge in [0.2, 0.25) is 5.03 Å². The number of carbonyl (C=O) groups excluding carboxylic acids is 1. The van der Waals surface area contributed by atoms with Crippen LogP contribution in [-0.4, -0.2) is 47.5 Å². The van der Waals surface area contributed by atoms with Gasteiger partial charge in [-0.05, 0) is 32.6 Å². The summed E-state index contributed by atoms with van der Waals surface area (Å²) >= 11 is 0. The normalized spacial score (nSPS) is 20.4. The highest BCUT2D eigenvalue weighted by molar-refractivity contribution is 7.89. The van der Waals surface area contributed by atoms with Crippen molar-refractivity contribution in [3.8, 4) is 0 Å². The van der Waals surface area contributed by atoms with Gasteiger partial charge in [-0.3, -0.25) is 9.48 Å². The van der Waals surface area contributed by atoms with Gasteiger partial charge in [0.25, 0.3) is 15.9 Å². The monoisotopic (exact) mass is 354 g/mol. The van der Waals surface area contributed by atoms with Gasteiger partial charge in [-0.15, -0.1) is 0 Å². The van der Waals surface area contributed by atoms with E-state index in [0.29, 0.717) is 19.6 Å². The Balaban J connectivity index is 1.88. The molecule has 2 aliphatic rings. The number of nitrogens with zero attached hydrogens (tertiary/aromatic N) is 3. The third kappa shape index (κ3) is 3.49. The third-order valence-electron chi connectivity index (χ3n) is 4.89. The zero-order chi connectivity index (χ0) is 17.2. The van der Waals surface area contributed by atoms with E-state index in [-0.39, 0.29) is 22.5 Å². The summed E-state index contributed by atoms with van der Waals surface area (Å²) in [4.78, 5) is 12.6. The molecule has 1 saturated carbocycles. The lowest BCUT2D eigenvalue weighted by atomic mass is 10.2. The van der Waals surface area contributed by atoms with Gasteiger partial charge in [0, 0.05) is 31.9 Å². The lowest BCUT2D eigenvalue weighted by Crippen LogP contribution is -2.38. The van der Waals surface area contributed by atoms with Crippen LogP contribution in [0.4, 0.5) is 0 Å². The van der Waals surface area contributed by atoms with Gasteiger partial charge >= 0.3 is 0 Å². The van der Waals surface area contributed by atoms with Gasteiger partial charge in [-0.25, -0.2) is 8.42 Å². The SMILES string of the molecule is CCn1cc(C(=O)NC2CCCC2)c(S(=O)(=O)N2CCCCC2)n1. The molecule has 1 aliphatic heterocycles. The second-order valence-electron chi connectivity index (χ2n) is 6.62. The van der Waals surface area contributed by atoms with Gasteiger partial charge in [0.15, 0.2) is 0 Å². The zero-order valence-electron chi connectivity index (χ0n) is 14.2. The Bertz CT molecular complexity index is 686. The summed E-state index contributed by atoms with van der Waals surface area (Å²) in [5.41, 5.74) is 0.175. The molecule has 1 N–H and O–H groups in total. The van der Waals surface area contributed by atoms with E-state index in [1.54, 1.807) is 6.20 Å². The number of sulfonamides is 1. The lowest BCUT2D eigenvalue weighted by molar-refractivity contribution is 0.0934. The van der Waals surface area contributed by atoms with Gasteiger partial charge in [-0.2, -0.15) is 9.40 Å². The van der Waals surface area contributed by atoms with Crippen molar-refractivity contribution in [3.05, 3.63) is 11.8 Å². The summed E-state index contributed by atoms with van der Waals surface area (Å²) in [6, 6.07) is 0.146. The first-order valence-electron chi connectivity index (χ1n) is 8.91. The maximum absolute atomic E-state index is 12.9. The molecular weight excluding hydrogens is 328 g/mol. The summed E-state index contributed by atoms with van der Waals surface area (Å²) in [5.74, 6) is -0.322. The molecule has 8 heteroatoms. The van der Waals surface area contributed by atoms with Crippen molar-refractivity contribution < 1.29 is 13.2 Å². The van der Waals surface area contributed by atoms with E-state index in [1.165, 1.54) is 8.99 Å². The van der Waals surface area contributed by atoms with Gasteiger partial charge in [0.05, 0.1) is 5.56 Å². The molecule has 0 unspecified atom stereocenters. The van der Waals surface area contributed by atoms with Crippen molar-refractivity contribution in [2.75, 3.05) is 13.1 Å². The number of hydrogen-bond donors (Lipinski definition) is 1. The predicted molar refractivity (Wildman–Crippen MR) is 90.2 cm³/mol. The van der Waals surface area contributed by atoms with Crippen molar-refractivity contribution in [1.82, 2.24) is 19.4 Å². The first-order valence-corrected chi connectivity index (χ1v) is 10.3. The van der Waals surface area contributed by atoms with E-state index in [0.717, 1.165) is 44.9 Å². The summed E-state index contributed by atoms with van der Waals surface area (Å²) in [6.07, 6.45) is 8.46. The number of nitrogens with one attached hydrogen (secondary N) is 1. The maximum Gasteiger partial charge on any atom is 0.263 e. The summed E-state index contributed by atoms with van der Waals surface area (Å²) in [5, 5.41) is 7.07. The highest BCUT2D eigenvalue weighted by Gasteiger charge is 2.34. The molecule has 3 rings (SSSR count). The second kappa shape index (κ2) is 7.23. The van der Waals surface area contributed by atoms with E-state index in [9.17, 15) is 13.2 Å². The lowest BCUT2D eigenvalue weighted by Gasteiger charge is -2.25. The first-order chi connectivity index (χ1) is 11.5. The summed E-state index contributed by atoms with van der Waals surface area (Å²) in [7, 11) is -3.72. The third-order valence-corrected chi connectivity index (χ3v) is 6.72. The van der Waals surface area contributed by atoms with Crippen molar-refractivity contribution in [2.24, 2.45) is 0 Å². The number of piperidine rings is 1. The Kier molecular flexibility index (Phi) is 5.24. The Hall–Kier alpha value is -1.41. The number of hydrogen-bond acceptors (Lipinski definition) is 4. The van der Waals surface area contributed by atoms with Crippen LogP contribution >= 0.6 is 0 Å². The van der Waals surface area contributed by atoms with Crippen LogP contribution < -0.4 is 5.32 Å². The molecule has 0 spiro atoms. The summed E-state index contributed by atoms with van der Waals surface area (Å²) < 4.78 is 28.9. The molecule has 2 fully saturated rings. The minimum atomic E-state index is -3.72. The average molecular weight is 354 g/mol. The van der Waals surface area contributed by atoms with E-state index in [4.69, 9.17) is 0 Å². The first kappa shape index (κ1) is 17.4. The molecule has 0 atom stereocenters. The average Bonchev–Trinajstić information content (AvgIpc) is 3.25. The molecule has 1 saturated heterocycles. The van der Waals surface area contributed by atoms with Crippen LogP contribution in [-0.2, 0) is 16.6 Å². The number of rotatable bonds is 5. The van der Waals surface area contributed by atoms with Crippen molar-refractivity contribution in [3.63, 3.8) is 0 Å². The van der Waals surface area contributed by atoms with Crippen molar-refractivity contribution in [2.45, 2.75) is 69.5 Å². The predicted octanol–water partition coefficient (Wildman–Crippen LogP) is 1.75. The van der Waals surface area contributed by atoms with Crippen LogP contribution in [0.5, 0.6) is 0 Å². The molecule has 1 aromatic rings. The minimum Gasteiger partial charge on any atom is -0.349 e. The smallest absolute Gasteiger partial charge is 0.263 e. The van der Waals surface area contributed by atoms with Crippen LogP contribution in [0.25, 0.3) is 0 Å². The van der Waals surface area contributed by atoms with Crippen LogP contribution in [0, 0.1) is 0 Å². The highest BCUT2D eigenvalue weighted by atomic mass is 32.2. The topological polar surface area (TPSA) is 84.3 Å². The van der Waals surface area contributed by atoms with E-state index < -0.39 is 10.0 Å². The number of aryl methyl sites for hydroxylation is 1. The highest BCUT2D eigenvalue weighted by Crippen LogP contribution is 2.24. The Morgan fingerprint density at radius 1 is 1.21 bits per heavy atom. The number of carbonyl (C=O) groups is 1. The molecule has 1 aliphatic carbocycles. The van der Waals surface area contributed by atoms with Crippen molar-refractivity contribution >= 4 is 15.9 Å². The minimum absolute atomic E-state index is 0.0956. The van der Waals surface area contributed by atoms with Gasteiger partial charge in [0.1, 0.15) is 0 Å². The van der Waals surface area contributed by atoms with Gasteiger partial charge in [-0.1, -0.05) is 19.3 Å².